The highest BCUT2D eigenvalue weighted by atomic mass is 28.3. The van der Waals surface area contributed by atoms with Crippen LogP contribution in [0.1, 0.15) is 95.6 Å². The van der Waals surface area contributed by atoms with Gasteiger partial charge in [-0.3, -0.25) is 0 Å². The Morgan fingerprint density at radius 1 is 0.767 bits per heavy atom. The second-order valence-electron chi connectivity index (χ2n) is 10.4. The van der Waals surface area contributed by atoms with E-state index in [1.165, 1.54) is 38.5 Å². The first-order valence-electron chi connectivity index (χ1n) is 13.1. The monoisotopic (exact) mass is 434 g/mol. The quantitative estimate of drug-likeness (QED) is 0.256. The predicted octanol–water partition coefficient (Wildman–Crippen LogP) is 8.48. The van der Waals surface area contributed by atoms with Crippen molar-refractivity contribution in [1.29, 1.82) is 0 Å². The smallest absolute Gasteiger partial charge is 0.162 e. The zero-order chi connectivity index (χ0) is 21.3. The average molecular weight is 435 g/mol. The Morgan fingerprint density at radius 3 is 1.97 bits per heavy atom. The van der Waals surface area contributed by atoms with Crippen LogP contribution in [0.2, 0.25) is 18.1 Å². The number of aryl methyl sites for hydroxylation is 2. The molecule has 1 heterocycles. The molecule has 1 saturated carbocycles. The number of unbranched alkanes of at least 4 members (excludes halogenated alkanes) is 1. The van der Waals surface area contributed by atoms with Crippen molar-refractivity contribution in [1.82, 2.24) is 0 Å². The van der Waals surface area contributed by atoms with E-state index in [1.54, 1.807) is 37.0 Å². The van der Waals surface area contributed by atoms with Gasteiger partial charge in [-0.1, -0.05) is 95.5 Å². The molecule has 1 saturated heterocycles. The maximum atomic E-state index is 14.3. The highest BCUT2D eigenvalue weighted by Crippen LogP contribution is 2.42. The zero-order valence-electron chi connectivity index (χ0n) is 19.5. The molecule has 0 aromatic heterocycles. The molecule has 1 aromatic carbocycles. The van der Waals surface area contributed by atoms with Gasteiger partial charge in [-0.25, -0.2) is 8.78 Å². The summed E-state index contributed by atoms with van der Waals surface area (Å²) < 4.78 is 28.4. The molecule has 2 aliphatic rings. The third kappa shape index (κ3) is 6.65. The van der Waals surface area contributed by atoms with E-state index in [-0.39, 0.29) is 8.80 Å². The van der Waals surface area contributed by atoms with Crippen molar-refractivity contribution >= 4 is 8.80 Å². The van der Waals surface area contributed by atoms with Crippen LogP contribution in [-0.2, 0) is 12.8 Å². The van der Waals surface area contributed by atoms with Gasteiger partial charge in [0.1, 0.15) is 0 Å². The van der Waals surface area contributed by atoms with Crippen LogP contribution in [0.5, 0.6) is 0 Å². The third-order valence-corrected chi connectivity index (χ3v) is 11.9. The van der Waals surface area contributed by atoms with Gasteiger partial charge in [0.15, 0.2) is 11.6 Å². The molecular formula is C27H44F2Si. The van der Waals surface area contributed by atoms with Gasteiger partial charge in [0.25, 0.3) is 0 Å². The number of hydrogen-bond donors (Lipinski definition) is 0. The highest BCUT2D eigenvalue weighted by Gasteiger charge is 2.30. The molecule has 1 aromatic rings. The molecule has 30 heavy (non-hydrogen) atoms. The minimum atomic E-state index is -0.612. The molecule has 3 rings (SSSR count). The van der Waals surface area contributed by atoms with Gasteiger partial charge in [-0.15, -0.1) is 0 Å². The van der Waals surface area contributed by atoms with E-state index in [4.69, 9.17) is 0 Å². The average Bonchev–Trinajstić information content (AvgIpc) is 2.77. The topological polar surface area (TPSA) is 0 Å². The first-order valence-corrected chi connectivity index (χ1v) is 15.5. The van der Waals surface area contributed by atoms with Crippen molar-refractivity contribution < 1.29 is 8.78 Å². The van der Waals surface area contributed by atoms with Crippen LogP contribution >= 0.6 is 0 Å². The maximum absolute atomic E-state index is 14.3. The molecule has 0 atom stereocenters. The molecule has 0 nitrogen and oxygen atoms in total. The lowest BCUT2D eigenvalue weighted by atomic mass is 9.73. The molecule has 0 bridgehead atoms. The second kappa shape index (κ2) is 12.4. The van der Waals surface area contributed by atoms with Crippen molar-refractivity contribution in [2.24, 2.45) is 17.8 Å². The summed E-state index contributed by atoms with van der Waals surface area (Å²) in [6.45, 7) is 4.36. The van der Waals surface area contributed by atoms with Gasteiger partial charge >= 0.3 is 0 Å². The molecule has 0 N–H and O–H groups in total. The Labute approximate surface area is 185 Å². The van der Waals surface area contributed by atoms with Crippen LogP contribution in [0, 0.1) is 29.4 Å². The van der Waals surface area contributed by atoms with Crippen LogP contribution in [-0.4, -0.2) is 8.80 Å². The Morgan fingerprint density at radius 2 is 1.37 bits per heavy atom. The molecule has 1 aliphatic heterocycles. The maximum Gasteiger partial charge on any atom is 0.162 e. The minimum absolute atomic E-state index is 0.341. The lowest BCUT2D eigenvalue weighted by Crippen LogP contribution is -2.28. The number of rotatable bonds is 10. The molecule has 0 radical (unpaired) electrons. The summed E-state index contributed by atoms with van der Waals surface area (Å²) in [6.07, 6.45) is 15.8. The van der Waals surface area contributed by atoms with E-state index >= 15 is 0 Å². The molecule has 0 unspecified atom stereocenters. The van der Waals surface area contributed by atoms with E-state index < -0.39 is 11.6 Å². The lowest BCUT2D eigenvalue weighted by molar-refractivity contribution is 0.184. The van der Waals surface area contributed by atoms with Crippen molar-refractivity contribution in [2.75, 3.05) is 0 Å². The second-order valence-corrected chi connectivity index (χ2v) is 13.8. The Bertz CT molecular complexity index is 628. The van der Waals surface area contributed by atoms with Crippen molar-refractivity contribution in [3.05, 3.63) is 34.9 Å². The van der Waals surface area contributed by atoms with Crippen molar-refractivity contribution in [3.8, 4) is 0 Å². The molecular weight excluding hydrogens is 390 g/mol. The molecule has 3 heteroatoms. The first-order chi connectivity index (χ1) is 14.6. The Hall–Kier alpha value is -0.703. The molecule has 170 valence electrons. The SMILES string of the molecule is CCCc1ccc(CCCC[C@H]2CC[C@H](C3CC[SiH](CCC)CC3)CC2)c(F)c1F. The fourth-order valence-electron chi connectivity index (χ4n) is 6.34. The summed E-state index contributed by atoms with van der Waals surface area (Å²) in [5, 5.41) is 0. The zero-order valence-corrected chi connectivity index (χ0v) is 20.7. The molecule has 0 spiro atoms. The number of halogens is 2. The van der Waals surface area contributed by atoms with E-state index in [0.717, 1.165) is 37.0 Å². The van der Waals surface area contributed by atoms with Crippen LogP contribution in [0.15, 0.2) is 12.1 Å². The lowest BCUT2D eigenvalue weighted by Gasteiger charge is -2.37. The van der Waals surface area contributed by atoms with Gasteiger partial charge in [-0.2, -0.15) is 0 Å². The van der Waals surface area contributed by atoms with Gasteiger partial charge in [0.05, 0.1) is 0 Å². The van der Waals surface area contributed by atoms with Gasteiger partial charge < -0.3 is 0 Å². The van der Waals surface area contributed by atoms with Crippen LogP contribution in [0.4, 0.5) is 8.78 Å². The van der Waals surface area contributed by atoms with Gasteiger partial charge in [-0.05, 0) is 61.0 Å². The summed E-state index contributed by atoms with van der Waals surface area (Å²) in [6, 6.07) is 8.42. The van der Waals surface area contributed by atoms with Gasteiger partial charge in [0.2, 0.25) is 0 Å². The fourth-order valence-corrected chi connectivity index (χ4v) is 9.82. The normalized spacial score (nSPS) is 27.3. The van der Waals surface area contributed by atoms with E-state index in [0.29, 0.717) is 24.0 Å². The van der Waals surface area contributed by atoms with Crippen molar-refractivity contribution in [3.63, 3.8) is 0 Å². The summed E-state index contributed by atoms with van der Waals surface area (Å²) in [5.41, 5.74) is 1.09. The largest absolute Gasteiger partial charge is 0.203 e. The van der Waals surface area contributed by atoms with Crippen LogP contribution in [0.3, 0.4) is 0 Å². The standard InChI is InChI=1S/C27H44F2Si/c1-3-7-24-14-15-25(27(29)26(24)28)9-6-5-8-21-10-12-22(13-11-21)23-16-19-30(18-4-2)20-17-23/h14-15,21-23,30H,3-13,16-20H2,1-2H3/t21-,22-,23?,30?. The van der Waals surface area contributed by atoms with E-state index in [1.807, 2.05) is 13.0 Å². The van der Waals surface area contributed by atoms with Crippen molar-refractivity contribution in [2.45, 2.75) is 115 Å². The summed E-state index contributed by atoms with van der Waals surface area (Å²) >= 11 is 0. The number of hydrogen-bond acceptors (Lipinski definition) is 0. The Kier molecular flexibility index (Phi) is 9.87. The predicted molar refractivity (Wildman–Crippen MR) is 128 cm³/mol. The van der Waals surface area contributed by atoms with Crippen LogP contribution in [0.25, 0.3) is 0 Å². The van der Waals surface area contributed by atoms with E-state index in [2.05, 4.69) is 6.92 Å². The summed E-state index contributed by atoms with van der Waals surface area (Å²) in [5.74, 6) is 1.72. The van der Waals surface area contributed by atoms with Crippen LogP contribution < -0.4 is 0 Å². The molecule has 0 amide bonds. The summed E-state index contributed by atoms with van der Waals surface area (Å²) in [4.78, 5) is 0. The summed E-state index contributed by atoms with van der Waals surface area (Å²) in [7, 11) is -0.341. The first kappa shape index (κ1) is 23.9. The minimum Gasteiger partial charge on any atom is -0.203 e. The Balaban J connectivity index is 1.32. The fraction of sp³-hybridized carbons (Fsp3) is 0.778. The van der Waals surface area contributed by atoms with E-state index in [9.17, 15) is 8.78 Å². The molecule has 1 aliphatic carbocycles. The third-order valence-electron chi connectivity index (χ3n) is 8.22. The molecule has 2 fully saturated rings. The highest BCUT2D eigenvalue weighted by molar-refractivity contribution is 6.58. The van der Waals surface area contributed by atoms with Gasteiger partial charge in [0, 0.05) is 8.80 Å². The number of benzene rings is 1.